The molecule has 5 nitrogen and oxygen atoms in total. The van der Waals surface area contributed by atoms with Crippen molar-refractivity contribution in [2.24, 2.45) is 0 Å². The molecule has 1 aromatic heterocycles. The number of fused-ring (bicyclic) bond motifs is 1. The number of carbonyl (C=O) groups is 2. The Kier molecular flexibility index (Phi) is 4.98. The van der Waals surface area contributed by atoms with Crippen molar-refractivity contribution in [3.8, 4) is 0 Å². The Morgan fingerprint density at radius 1 is 1.07 bits per heavy atom. The van der Waals surface area contributed by atoms with Crippen molar-refractivity contribution >= 4 is 11.8 Å². The first kappa shape index (κ1) is 18.0. The standard InChI is InChI=1S/C23H22N2O3/c1-17(18-8-3-2-4-9-18)25(15-20-11-7-13-28-20)22(26)16-24-14-19-10-5-6-12-21(19)23(24)27/h2-13,17H,14-16H2,1H3/t17-/m0/s1. The van der Waals surface area contributed by atoms with E-state index >= 15 is 0 Å². The number of carbonyl (C=O) groups excluding carboxylic acids is 2. The Bertz CT molecular complexity index is 967. The Balaban J connectivity index is 1.54. The van der Waals surface area contributed by atoms with Gasteiger partial charge in [0, 0.05) is 12.1 Å². The molecule has 0 unspecified atom stereocenters. The Morgan fingerprint density at radius 3 is 2.54 bits per heavy atom. The summed E-state index contributed by atoms with van der Waals surface area (Å²) < 4.78 is 5.47. The number of amides is 2. The van der Waals surface area contributed by atoms with Crippen molar-refractivity contribution < 1.29 is 14.0 Å². The van der Waals surface area contributed by atoms with Gasteiger partial charge in [-0.3, -0.25) is 9.59 Å². The number of furan rings is 1. The van der Waals surface area contributed by atoms with E-state index in [2.05, 4.69) is 0 Å². The van der Waals surface area contributed by atoms with Crippen LogP contribution in [0.25, 0.3) is 0 Å². The fourth-order valence-electron chi connectivity index (χ4n) is 3.62. The Labute approximate surface area is 164 Å². The van der Waals surface area contributed by atoms with Gasteiger partial charge < -0.3 is 14.2 Å². The van der Waals surface area contributed by atoms with Gasteiger partial charge in [-0.25, -0.2) is 0 Å². The third kappa shape index (κ3) is 3.56. The lowest BCUT2D eigenvalue weighted by atomic mass is 10.1. The van der Waals surface area contributed by atoms with Gasteiger partial charge in [-0.1, -0.05) is 48.5 Å². The number of nitrogens with zero attached hydrogens (tertiary/aromatic N) is 2. The van der Waals surface area contributed by atoms with Crippen molar-refractivity contribution in [2.75, 3.05) is 6.54 Å². The van der Waals surface area contributed by atoms with E-state index in [1.807, 2.05) is 73.7 Å². The molecule has 2 heterocycles. The first-order valence-corrected chi connectivity index (χ1v) is 9.37. The third-order valence-electron chi connectivity index (χ3n) is 5.20. The minimum absolute atomic E-state index is 0.0470. The van der Waals surface area contributed by atoms with Crippen LogP contribution in [0.3, 0.4) is 0 Å². The van der Waals surface area contributed by atoms with Gasteiger partial charge >= 0.3 is 0 Å². The molecule has 5 heteroatoms. The van der Waals surface area contributed by atoms with Crippen molar-refractivity contribution in [1.29, 1.82) is 0 Å². The molecule has 0 radical (unpaired) electrons. The maximum Gasteiger partial charge on any atom is 0.254 e. The van der Waals surface area contributed by atoms with Gasteiger partial charge in [-0.15, -0.1) is 0 Å². The zero-order chi connectivity index (χ0) is 19.5. The molecule has 1 aliphatic heterocycles. The monoisotopic (exact) mass is 374 g/mol. The van der Waals surface area contributed by atoms with E-state index in [1.165, 1.54) is 0 Å². The van der Waals surface area contributed by atoms with Crippen LogP contribution in [-0.2, 0) is 17.9 Å². The predicted octanol–water partition coefficient (Wildman–Crippen LogP) is 4.03. The van der Waals surface area contributed by atoms with Gasteiger partial charge in [0.2, 0.25) is 5.91 Å². The lowest BCUT2D eigenvalue weighted by Gasteiger charge is -2.30. The van der Waals surface area contributed by atoms with Gasteiger partial charge in [-0.2, -0.15) is 0 Å². The third-order valence-corrected chi connectivity index (χ3v) is 5.20. The van der Waals surface area contributed by atoms with Crippen molar-refractivity contribution in [1.82, 2.24) is 9.80 Å². The summed E-state index contributed by atoms with van der Waals surface area (Å²) in [7, 11) is 0. The lowest BCUT2D eigenvalue weighted by molar-refractivity contribution is -0.135. The molecule has 0 bridgehead atoms. The summed E-state index contributed by atoms with van der Waals surface area (Å²) in [6, 6.07) is 20.9. The summed E-state index contributed by atoms with van der Waals surface area (Å²) >= 11 is 0. The van der Waals surface area contributed by atoms with Crippen LogP contribution < -0.4 is 0 Å². The van der Waals surface area contributed by atoms with Crippen LogP contribution in [0.1, 0.15) is 40.2 Å². The molecular formula is C23H22N2O3. The van der Waals surface area contributed by atoms with Crippen LogP contribution in [0.5, 0.6) is 0 Å². The summed E-state index contributed by atoms with van der Waals surface area (Å²) in [5, 5.41) is 0. The van der Waals surface area contributed by atoms with Gasteiger partial charge in [-0.05, 0) is 36.2 Å². The van der Waals surface area contributed by atoms with Crippen LogP contribution in [0, 0.1) is 0 Å². The van der Waals surface area contributed by atoms with E-state index in [9.17, 15) is 9.59 Å². The minimum Gasteiger partial charge on any atom is -0.467 e. The van der Waals surface area contributed by atoms with E-state index in [4.69, 9.17) is 4.42 Å². The second kappa shape index (κ2) is 7.72. The highest BCUT2D eigenvalue weighted by molar-refractivity contribution is 6.00. The molecule has 3 aromatic rings. The van der Waals surface area contributed by atoms with E-state index in [1.54, 1.807) is 16.1 Å². The van der Waals surface area contributed by atoms with Crippen LogP contribution >= 0.6 is 0 Å². The van der Waals surface area contributed by atoms with E-state index in [0.29, 0.717) is 24.4 Å². The smallest absolute Gasteiger partial charge is 0.254 e. The highest BCUT2D eigenvalue weighted by atomic mass is 16.3. The Morgan fingerprint density at radius 2 is 1.82 bits per heavy atom. The fraction of sp³-hybridized carbons (Fsp3) is 0.217. The van der Waals surface area contributed by atoms with E-state index < -0.39 is 0 Å². The second-order valence-corrected chi connectivity index (χ2v) is 7.01. The van der Waals surface area contributed by atoms with Crippen LogP contribution in [-0.4, -0.2) is 28.2 Å². The van der Waals surface area contributed by atoms with Crippen LogP contribution in [0.4, 0.5) is 0 Å². The average Bonchev–Trinajstić information content (AvgIpc) is 3.35. The highest BCUT2D eigenvalue weighted by Gasteiger charge is 2.31. The summed E-state index contributed by atoms with van der Waals surface area (Å²) in [4.78, 5) is 29.3. The number of hydrogen-bond acceptors (Lipinski definition) is 3. The molecule has 0 saturated heterocycles. The maximum absolute atomic E-state index is 13.2. The summed E-state index contributed by atoms with van der Waals surface area (Å²) in [6.45, 7) is 2.87. The van der Waals surface area contributed by atoms with Gasteiger partial charge in [0.1, 0.15) is 12.3 Å². The van der Waals surface area contributed by atoms with Gasteiger partial charge in [0.05, 0.1) is 18.8 Å². The zero-order valence-electron chi connectivity index (χ0n) is 15.7. The highest BCUT2D eigenvalue weighted by Crippen LogP contribution is 2.25. The van der Waals surface area contributed by atoms with Crippen LogP contribution in [0.15, 0.2) is 77.4 Å². The van der Waals surface area contributed by atoms with Crippen LogP contribution in [0.2, 0.25) is 0 Å². The number of rotatable bonds is 6. The molecule has 0 saturated carbocycles. The molecule has 2 amide bonds. The summed E-state index contributed by atoms with van der Waals surface area (Å²) in [6.07, 6.45) is 1.60. The predicted molar refractivity (Wildman–Crippen MR) is 105 cm³/mol. The first-order chi connectivity index (χ1) is 13.6. The van der Waals surface area contributed by atoms with Gasteiger partial charge in [0.25, 0.3) is 5.91 Å². The molecule has 1 atom stereocenters. The average molecular weight is 374 g/mol. The lowest BCUT2D eigenvalue weighted by Crippen LogP contribution is -2.41. The molecule has 1 aliphatic rings. The molecular weight excluding hydrogens is 352 g/mol. The molecule has 0 aliphatic carbocycles. The molecule has 142 valence electrons. The molecule has 4 rings (SSSR count). The number of hydrogen-bond donors (Lipinski definition) is 0. The van der Waals surface area contributed by atoms with E-state index in [0.717, 1.165) is 11.1 Å². The SMILES string of the molecule is C[C@@H](c1ccccc1)N(Cc1ccco1)C(=O)CN1Cc2ccccc2C1=O. The summed E-state index contributed by atoms with van der Waals surface area (Å²) in [5.74, 6) is 0.523. The van der Waals surface area contributed by atoms with Gasteiger partial charge in [0.15, 0.2) is 0 Å². The molecule has 28 heavy (non-hydrogen) atoms. The zero-order valence-corrected chi connectivity index (χ0v) is 15.7. The normalized spacial score (nSPS) is 14.0. The second-order valence-electron chi connectivity index (χ2n) is 7.01. The molecule has 0 spiro atoms. The number of benzene rings is 2. The van der Waals surface area contributed by atoms with Crippen molar-refractivity contribution in [3.05, 3.63) is 95.4 Å². The molecule has 2 aromatic carbocycles. The maximum atomic E-state index is 13.2. The van der Waals surface area contributed by atoms with Crippen molar-refractivity contribution in [3.63, 3.8) is 0 Å². The topological polar surface area (TPSA) is 53.8 Å². The Hall–Kier alpha value is -3.34. The van der Waals surface area contributed by atoms with Crippen molar-refractivity contribution in [2.45, 2.75) is 26.1 Å². The molecule has 0 fully saturated rings. The fourth-order valence-corrected chi connectivity index (χ4v) is 3.62. The minimum atomic E-state index is -0.140. The largest absolute Gasteiger partial charge is 0.467 e. The van der Waals surface area contributed by atoms with E-state index in [-0.39, 0.29) is 24.4 Å². The molecule has 0 N–H and O–H groups in total. The quantitative estimate of drug-likeness (QED) is 0.655. The first-order valence-electron chi connectivity index (χ1n) is 9.37. The summed E-state index contributed by atoms with van der Waals surface area (Å²) in [5.41, 5.74) is 2.69.